The first kappa shape index (κ1) is 16.1. The van der Waals surface area contributed by atoms with Crippen LogP contribution in [-0.2, 0) is 22.6 Å². The molecule has 0 aromatic carbocycles. The largest absolute Gasteiger partial charge is 0.382 e. The lowest BCUT2D eigenvalue weighted by Crippen LogP contribution is -2.35. The second kappa shape index (κ2) is 8.24. The van der Waals surface area contributed by atoms with Crippen LogP contribution in [0.3, 0.4) is 0 Å². The first-order chi connectivity index (χ1) is 9.01. The molecular formula is C13H26N4O2. The van der Waals surface area contributed by atoms with Crippen LogP contribution in [0, 0.1) is 0 Å². The Morgan fingerprint density at radius 2 is 2.05 bits per heavy atom. The van der Waals surface area contributed by atoms with E-state index in [1.807, 2.05) is 10.9 Å². The highest BCUT2D eigenvalue weighted by Crippen LogP contribution is 2.02. The highest BCUT2D eigenvalue weighted by Gasteiger charge is 2.09. The molecule has 1 rings (SSSR count). The lowest BCUT2D eigenvalue weighted by molar-refractivity contribution is 0.0676. The zero-order valence-electron chi connectivity index (χ0n) is 12.5. The number of rotatable bonds is 9. The van der Waals surface area contributed by atoms with E-state index in [0.717, 1.165) is 31.8 Å². The van der Waals surface area contributed by atoms with E-state index in [9.17, 15) is 0 Å². The molecule has 0 saturated heterocycles. The summed E-state index contributed by atoms with van der Waals surface area (Å²) in [7, 11) is 1.67. The Labute approximate surface area is 115 Å². The molecule has 1 heterocycles. The summed E-state index contributed by atoms with van der Waals surface area (Å²) >= 11 is 0. The second-order valence-corrected chi connectivity index (χ2v) is 5.54. The summed E-state index contributed by atoms with van der Waals surface area (Å²) in [4.78, 5) is 0. The van der Waals surface area contributed by atoms with Crippen LogP contribution in [0.15, 0.2) is 6.20 Å². The molecule has 0 radical (unpaired) electrons. The SMILES string of the molecule is COCCOCCCn1cc(CNC(C)(C)C)nn1. The maximum absolute atomic E-state index is 5.40. The monoisotopic (exact) mass is 270 g/mol. The third-order valence-electron chi connectivity index (χ3n) is 2.49. The van der Waals surface area contributed by atoms with Gasteiger partial charge in [0, 0.05) is 38.5 Å². The topological polar surface area (TPSA) is 61.2 Å². The van der Waals surface area contributed by atoms with Crippen molar-refractivity contribution in [2.24, 2.45) is 0 Å². The van der Waals surface area contributed by atoms with Gasteiger partial charge in [-0.1, -0.05) is 5.21 Å². The molecule has 0 unspecified atom stereocenters. The fourth-order valence-electron chi connectivity index (χ4n) is 1.46. The van der Waals surface area contributed by atoms with Crippen LogP contribution in [0.1, 0.15) is 32.9 Å². The minimum atomic E-state index is 0.0962. The molecule has 19 heavy (non-hydrogen) atoms. The van der Waals surface area contributed by atoms with Crippen LogP contribution in [0.25, 0.3) is 0 Å². The summed E-state index contributed by atoms with van der Waals surface area (Å²) in [6.45, 7) is 9.99. The maximum atomic E-state index is 5.40. The minimum Gasteiger partial charge on any atom is -0.382 e. The van der Waals surface area contributed by atoms with E-state index in [0.29, 0.717) is 13.2 Å². The first-order valence-electron chi connectivity index (χ1n) is 6.72. The number of aryl methyl sites for hydroxylation is 1. The smallest absolute Gasteiger partial charge is 0.0965 e. The van der Waals surface area contributed by atoms with E-state index in [1.54, 1.807) is 7.11 Å². The normalized spacial score (nSPS) is 12.0. The third kappa shape index (κ3) is 7.92. The number of nitrogens with zero attached hydrogens (tertiary/aromatic N) is 3. The molecular weight excluding hydrogens is 244 g/mol. The zero-order chi connectivity index (χ0) is 14.1. The van der Waals surface area contributed by atoms with Crippen molar-refractivity contribution in [2.75, 3.05) is 26.9 Å². The molecule has 0 atom stereocenters. The van der Waals surface area contributed by atoms with Gasteiger partial charge in [-0.3, -0.25) is 4.68 Å². The van der Waals surface area contributed by atoms with Crippen LogP contribution in [0.4, 0.5) is 0 Å². The molecule has 0 aliphatic heterocycles. The van der Waals surface area contributed by atoms with Crippen molar-refractivity contribution >= 4 is 0 Å². The van der Waals surface area contributed by atoms with Gasteiger partial charge in [0.05, 0.1) is 18.9 Å². The molecule has 0 bridgehead atoms. The fourth-order valence-corrected chi connectivity index (χ4v) is 1.46. The van der Waals surface area contributed by atoms with Crippen LogP contribution < -0.4 is 5.32 Å². The lowest BCUT2D eigenvalue weighted by atomic mass is 10.1. The standard InChI is InChI=1S/C13H26N4O2/c1-13(2,3)14-10-12-11-17(16-15-12)6-5-7-19-9-8-18-4/h11,14H,5-10H2,1-4H3. The Bertz CT molecular complexity index is 347. The number of nitrogens with one attached hydrogen (secondary N) is 1. The first-order valence-corrected chi connectivity index (χ1v) is 6.72. The molecule has 1 aromatic heterocycles. The van der Waals surface area contributed by atoms with Crippen LogP contribution >= 0.6 is 0 Å². The van der Waals surface area contributed by atoms with E-state index in [1.165, 1.54) is 0 Å². The molecule has 0 fully saturated rings. The van der Waals surface area contributed by atoms with Gasteiger partial charge in [-0.25, -0.2) is 0 Å². The molecule has 0 saturated carbocycles. The van der Waals surface area contributed by atoms with Gasteiger partial charge in [0.1, 0.15) is 0 Å². The maximum Gasteiger partial charge on any atom is 0.0965 e. The van der Waals surface area contributed by atoms with Crippen LogP contribution in [0.2, 0.25) is 0 Å². The van der Waals surface area contributed by atoms with E-state index >= 15 is 0 Å². The fraction of sp³-hybridized carbons (Fsp3) is 0.846. The molecule has 1 aromatic rings. The van der Waals surface area contributed by atoms with Gasteiger partial charge in [0.25, 0.3) is 0 Å². The van der Waals surface area contributed by atoms with Crippen molar-refractivity contribution in [1.82, 2.24) is 20.3 Å². The van der Waals surface area contributed by atoms with Gasteiger partial charge in [-0.15, -0.1) is 5.10 Å². The molecule has 110 valence electrons. The van der Waals surface area contributed by atoms with E-state index in [4.69, 9.17) is 9.47 Å². The molecule has 0 amide bonds. The van der Waals surface area contributed by atoms with Gasteiger partial charge in [-0.05, 0) is 27.2 Å². The number of ether oxygens (including phenoxy) is 2. The van der Waals surface area contributed by atoms with Crippen molar-refractivity contribution in [3.05, 3.63) is 11.9 Å². The summed E-state index contributed by atoms with van der Waals surface area (Å²) in [6.07, 6.45) is 2.91. The number of aromatic nitrogens is 3. The molecule has 6 nitrogen and oxygen atoms in total. The number of hydrogen-bond acceptors (Lipinski definition) is 5. The van der Waals surface area contributed by atoms with Gasteiger partial charge in [0.2, 0.25) is 0 Å². The average Bonchev–Trinajstić information content (AvgIpc) is 2.78. The summed E-state index contributed by atoms with van der Waals surface area (Å²) in [5.74, 6) is 0. The van der Waals surface area contributed by atoms with Crippen molar-refractivity contribution in [3.63, 3.8) is 0 Å². The molecule has 0 aliphatic rings. The third-order valence-corrected chi connectivity index (χ3v) is 2.49. The predicted octanol–water partition coefficient (Wildman–Crippen LogP) is 1.22. The van der Waals surface area contributed by atoms with E-state index in [2.05, 4.69) is 36.4 Å². The van der Waals surface area contributed by atoms with Crippen LogP contribution in [-0.4, -0.2) is 47.5 Å². The van der Waals surface area contributed by atoms with Crippen LogP contribution in [0.5, 0.6) is 0 Å². The molecule has 0 aliphatic carbocycles. The van der Waals surface area contributed by atoms with Gasteiger partial charge >= 0.3 is 0 Å². The van der Waals surface area contributed by atoms with Gasteiger partial charge < -0.3 is 14.8 Å². The number of methoxy groups -OCH3 is 1. The molecule has 1 N–H and O–H groups in total. The van der Waals surface area contributed by atoms with Crippen molar-refractivity contribution < 1.29 is 9.47 Å². The highest BCUT2D eigenvalue weighted by atomic mass is 16.5. The summed E-state index contributed by atoms with van der Waals surface area (Å²) in [5, 5.41) is 11.6. The number of hydrogen-bond donors (Lipinski definition) is 1. The summed E-state index contributed by atoms with van der Waals surface area (Å²) < 4.78 is 12.2. The Hall–Kier alpha value is -0.980. The lowest BCUT2D eigenvalue weighted by Gasteiger charge is -2.19. The van der Waals surface area contributed by atoms with Gasteiger partial charge in [0.15, 0.2) is 0 Å². The predicted molar refractivity (Wildman–Crippen MR) is 73.9 cm³/mol. The minimum absolute atomic E-state index is 0.0962. The summed E-state index contributed by atoms with van der Waals surface area (Å²) in [6, 6.07) is 0. The van der Waals surface area contributed by atoms with Gasteiger partial charge in [-0.2, -0.15) is 0 Å². The van der Waals surface area contributed by atoms with E-state index < -0.39 is 0 Å². The van der Waals surface area contributed by atoms with Crippen molar-refractivity contribution in [3.8, 4) is 0 Å². The quantitative estimate of drug-likeness (QED) is 0.684. The Morgan fingerprint density at radius 3 is 2.74 bits per heavy atom. The Morgan fingerprint density at radius 1 is 1.26 bits per heavy atom. The molecule has 6 heteroatoms. The Kier molecular flexibility index (Phi) is 6.97. The zero-order valence-corrected chi connectivity index (χ0v) is 12.5. The highest BCUT2D eigenvalue weighted by molar-refractivity contribution is 4.92. The Balaban J connectivity index is 2.16. The van der Waals surface area contributed by atoms with Crippen molar-refractivity contribution in [2.45, 2.75) is 45.8 Å². The molecule has 0 spiro atoms. The summed E-state index contributed by atoms with van der Waals surface area (Å²) in [5.41, 5.74) is 1.06. The second-order valence-electron chi connectivity index (χ2n) is 5.54. The average molecular weight is 270 g/mol. The van der Waals surface area contributed by atoms with E-state index in [-0.39, 0.29) is 5.54 Å². The van der Waals surface area contributed by atoms with Crippen molar-refractivity contribution in [1.29, 1.82) is 0 Å².